The maximum Gasteiger partial charge on any atom is 0.320 e. The van der Waals surface area contributed by atoms with Crippen LogP contribution in [0.15, 0.2) is 30.3 Å². The summed E-state index contributed by atoms with van der Waals surface area (Å²) in [5.41, 5.74) is 1.25. The molecule has 0 spiro atoms. The Bertz CT molecular complexity index is 414. The predicted molar refractivity (Wildman–Crippen MR) is 71.7 cm³/mol. The number of benzene rings is 1. The summed E-state index contributed by atoms with van der Waals surface area (Å²) in [4.78, 5) is 13.3. The van der Waals surface area contributed by atoms with E-state index in [-0.39, 0.29) is 11.5 Å². The Balaban J connectivity index is 2.11. The van der Waals surface area contributed by atoms with E-state index in [1.165, 1.54) is 5.56 Å². The number of nitrogens with zero attached hydrogens (tertiary/aromatic N) is 1. The van der Waals surface area contributed by atoms with Crippen LogP contribution in [0.2, 0.25) is 0 Å². The quantitative estimate of drug-likeness (QED) is 0.888. The second-order valence-electron chi connectivity index (χ2n) is 5.72. The summed E-state index contributed by atoms with van der Waals surface area (Å²) in [7, 11) is 0. The van der Waals surface area contributed by atoms with Crippen molar-refractivity contribution in [1.82, 2.24) is 4.90 Å². The van der Waals surface area contributed by atoms with Crippen LogP contribution in [0.5, 0.6) is 0 Å². The summed E-state index contributed by atoms with van der Waals surface area (Å²) in [5.74, 6) is -0.684. The zero-order valence-electron chi connectivity index (χ0n) is 11.1. The van der Waals surface area contributed by atoms with E-state index in [0.717, 1.165) is 25.9 Å². The summed E-state index contributed by atoms with van der Waals surface area (Å²) in [6.45, 7) is 6.06. The first-order valence-electron chi connectivity index (χ1n) is 6.53. The Morgan fingerprint density at radius 3 is 2.67 bits per heavy atom. The van der Waals surface area contributed by atoms with Crippen LogP contribution in [0.4, 0.5) is 0 Å². The molecule has 3 heteroatoms. The van der Waals surface area contributed by atoms with E-state index >= 15 is 0 Å². The molecule has 0 saturated carbocycles. The van der Waals surface area contributed by atoms with Crippen molar-refractivity contribution in [3.8, 4) is 0 Å². The van der Waals surface area contributed by atoms with Gasteiger partial charge < -0.3 is 5.11 Å². The number of carbonyl (C=O) groups is 1. The second kappa shape index (κ2) is 5.11. The van der Waals surface area contributed by atoms with E-state index in [0.29, 0.717) is 0 Å². The molecule has 1 fully saturated rings. The maximum atomic E-state index is 11.2. The van der Waals surface area contributed by atoms with Gasteiger partial charge in [0.05, 0.1) is 0 Å². The van der Waals surface area contributed by atoms with Crippen molar-refractivity contribution in [3.05, 3.63) is 35.9 Å². The van der Waals surface area contributed by atoms with Gasteiger partial charge in [-0.1, -0.05) is 44.2 Å². The van der Waals surface area contributed by atoms with E-state index in [1.807, 2.05) is 18.2 Å². The van der Waals surface area contributed by atoms with E-state index in [1.54, 1.807) is 0 Å². The summed E-state index contributed by atoms with van der Waals surface area (Å²) < 4.78 is 0. The maximum absolute atomic E-state index is 11.2. The molecule has 0 aliphatic carbocycles. The number of hydrogen-bond donors (Lipinski definition) is 1. The Hall–Kier alpha value is -1.35. The van der Waals surface area contributed by atoms with Gasteiger partial charge in [0.15, 0.2) is 0 Å². The SMILES string of the molecule is CC(C)(CN1CCCC1C(=O)O)c1ccccc1. The van der Waals surface area contributed by atoms with Crippen molar-refractivity contribution in [2.45, 2.75) is 38.1 Å². The molecule has 0 bridgehead atoms. The molecule has 98 valence electrons. The fourth-order valence-electron chi connectivity index (χ4n) is 2.78. The number of carboxylic acid groups (broad SMARTS) is 1. The number of aliphatic carboxylic acids is 1. The fraction of sp³-hybridized carbons (Fsp3) is 0.533. The lowest BCUT2D eigenvalue weighted by Gasteiger charge is -2.32. The van der Waals surface area contributed by atoms with Crippen LogP contribution < -0.4 is 0 Å². The molecular formula is C15H21NO2. The number of likely N-dealkylation sites (tertiary alicyclic amines) is 1. The van der Waals surface area contributed by atoms with Crippen LogP contribution >= 0.6 is 0 Å². The third-order valence-corrected chi connectivity index (χ3v) is 3.80. The average molecular weight is 247 g/mol. The monoisotopic (exact) mass is 247 g/mol. The molecule has 0 aromatic heterocycles. The van der Waals surface area contributed by atoms with Crippen LogP contribution in [-0.4, -0.2) is 35.1 Å². The van der Waals surface area contributed by atoms with E-state index in [2.05, 4.69) is 30.9 Å². The molecule has 1 heterocycles. The lowest BCUT2D eigenvalue weighted by Crippen LogP contribution is -2.43. The van der Waals surface area contributed by atoms with Crippen molar-refractivity contribution >= 4 is 5.97 Å². The lowest BCUT2D eigenvalue weighted by atomic mass is 9.84. The van der Waals surface area contributed by atoms with E-state index in [9.17, 15) is 9.90 Å². The highest BCUT2D eigenvalue weighted by Crippen LogP contribution is 2.28. The molecule has 0 radical (unpaired) electrons. The number of carboxylic acids is 1. The summed E-state index contributed by atoms with van der Waals surface area (Å²) in [6, 6.07) is 10.0. The molecule has 1 unspecified atom stereocenters. The van der Waals surface area contributed by atoms with Gasteiger partial charge in [0.2, 0.25) is 0 Å². The standard InChI is InChI=1S/C15H21NO2/c1-15(2,12-7-4-3-5-8-12)11-16-10-6-9-13(16)14(17)18/h3-5,7-8,13H,6,9-11H2,1-2H3,(H,17,18). The van der Waals surface area contributed by atoms with Gasteiger partial charge >= 0.3 is 5.97 Å². The van der Waals surface area contributed by atoms with Gasteiger partial charge in [0.1, 0.15) is 6.04 Å². The molecule has 1 N–H and O–H groups in total. The third kappa shape index (κ3) is 2.72. The van der Waals surface area contributed by atoms with Crippen molar-refractivity contribution in [3.63, 3.8) is 0 Å². The highest BCUT2D eigenvalue weighted by molar-refractivity contribution is 5.73. The lowest BCUT2D eigenvalue weighted by molar-refractivity contribution is -0.142. The predicted octanol–water partition coefficient (Wildman–Crippen LogP) is 2.51. The molecule has 1 aliphatic heterocycles. The van der Waals surface area contributed by atoms with Gasteiger partial charge in [-0.2, -0.15) is 0 Å². The van der Waals surface area contributed by atoms with E-state index < -0.39 is 5.97 Å². The molecule has 1 saturated heterocycles. The van der Waals surface area contributed by atoms with Gasteiger partial charge in [0, 0.05) is 12.0 Å². The number of rotatable bonds is 4. The minimum absolute atomic E-state index is 0.0146. The zero-order chi connectivity index (χ0) is 13.2. The average Bonchev–Trinajstić information content (AvgIpc) is 2.78. The van der Waals surface area contributed by atoms with Crippen molar-refractivity contribution in [1.29, 1.82) is 0 Å². The Labute approximate surface area is 108 Å². The minimum atomic E-state index is -0.684. The molecule has 1 aromatic carbocycles. The first kappa shape index (κ1) is 13.1. The Morgan fingerprint density at radius 2 is 2.06 bits per heavy atom. The highest BCUT2D eigenvalue weighted by atomic mass is 16.4. The van der Waals surface area contributed by atoms with Gasteiger partial charge in [-0.05, 0) is 24.9 Å². The molecular weight excluding hydrogens is 226 g/mol. The third-order valence-electron chi connectivity index (χ3n) is 3.80. The van der Waals surface area contributed by atoms with Crippen molar-refractivity contribution in [2.24, 2.45) is 0 Å². The fourth-order valence-corrected chi connectivity index (χ4v) is 2.78. The van der Waals surface area contributed by atoms with Crippen LogP contribution in [0.3, 0.4) is 0 Å². The van der Waals surface area contributed by atoms with Crippen LogP contribution in [0, 0.1) is 0 Å². The summed E-state index contributed by atoms with van der Waals surface area (Å²) in [5, 5.41) is 9.21. The van der Waals surface area contributed by atoms with Gasteiger partial charge in [-0.3, -0.25) is 9.69 Å². The van der Waals surface area contributed by atoms with Crippen LogP contribution in [-0.2, 0) is 10.2 Å². The zero-order valence-corrected chi connectivity index (χ0v) is 11.1. The first-order chi connectivity index (χ1) is 8.50. The van der Waals surface area contributed by atoms with Crippen LogP contribution in [0.25, 0.3) is 0 Å². The first-order valence-corrected chi connectivity index (χ1v) is 6.53. The largest absolute Gasteiger partial charge is 0.480 e. The normalized spacial score (nSPS) is 21.1. The molecule has 1 atom stereocenters. The van der Waals surface area contributed by atoms with Gasteiger partial charge in [0.25, 0.3) is 0 Å². The topological polar surface area (TPSA) is 40.5 Å². The second-order valence-corrected chi connectivity index (χ2v) is 5.72. The summed E-state index contributed by atoms with van der Waals surface area (Å²) >= 11 is 0. The molecule has 18 heavy (non-hydrogen) atoms. The molecule has 2 rings (SSSR count). The number of hydrogen-bond acceptors (Lipinski definition) is 2. The van der Waals surface area contributed by atoms with Gasteiger partial charge in [-0.25, -0.2) is 0 Å². The Morgan fingerprint density at radius 1 is 1.39 bits per heavy atom. The van der Waals surface area contributed by atoms with Crippen molar-refractivity contribution in [2.75, 3.05) is 13.1 Å². The van der Waals surface area contributed by atoms with Gasteiger partial charge in [-0.15, -0.1) is 0 Å². The molecule has 1 aromatic rings. The van der Waals surface area contributed by atoms with Crippen molar-refractivity contribution < 1.29 is 9.90 Å². The van der Waals surface area contributed by atoms with Crippen LogP contribution in [0.1, 0.15) is 32.3 Å². The van der Waals surface area contributed by atoms with E-state index in [4.69, 9.17) is 0 Å². The Kier molecular flexibility index (Phi) is 3.71. The molecule has 1 aliphatic rings. The molecule has 0 amide bonds. The minimum Gasteiger partial charge on any atom is -0.480 e. The molecule has 3 nitrogen and oxygen atoms in total. The summed E-state index contributed by atoms with van der Waals surface area (Å²) in [6.07, 6.45) is 1.77. The smallest absolute Gasteiger partial charge is 0.320 e. The highest BCUT2D eigenvalue weighted by Gasteiger charge is 2.34.